The molecule has 2 aromatic heterocycles. The lowest BCUT2D eigenvalue weighted by Crippen LogP contribution is -1.92. The highest BCUT2D eigenvalue weighted by Crippen LogP contribution is 2.02. The number of nitrogens with zero attached hydrogens (tertiary/aromatic N) is 3. The molecule has 0 saturated heterocycles. The maximum atomic E-state index is 5.43. The number of rotatable bonds is 1. The summed E-state index contributed by atoms with van der Waals surface area (Å²) in [6, 6.07) is 0. The van der Waals surface area contributed by atoms with Crippen molar-refractivity contribution in [2.24, 2.45) is 0 Å². The molecular formula is C6H7N5. The Balaban J connectivity index is 2.45. The van der Waals surface area contributed by atoms with Gasteiger partial charge in [-0.1, -0.05) is 0 Å². The van der Waals surface area contributed by atoms with Gasteiger partial charge >= 0.3 is 0 Å². The van der Waals surface area contributed by atoms with Crippen molar-refractivity contribution in [1.82, 2.24) is 19.5 Å². The number of nitrogen functional groups attached to an aromatic ring is 1. The third-order valence-corrected chi connectivity index (χ3v) is 1.33. The molecule has 0 radical (unpaired) electrons. The highest BCUT2D eigenvalue weighted by Gasteiger charge is 1.97. The van der Waals surface area contributed by atoms with Crippen LogP contribution in [-0.4, -0.2) is 19.5 Å². The van der Waals surface area contributed by atoms with Gasteiger partial charge in [0.1, 0.15) is 12.1 Å². The monoisotopic (exact) mass is 149 g/mol. The molecule has 0 fully saturated rings. The van der Waals surface area contributed by atoms with Crippen molar-refractivity contribution in [1.29, 1.82) is 0 Å². The van der Waals surface area contributed by atoms with Crippen LogP contribution in [0, 0.1) is 0 Å². The Kier molecular flexibility index (Phi) is 1.15. The molecule has 0 unspecified atom stereocenters. The summed E-state index contributed by atoms with van der Waals surface area (Å²) < 4.78 is 1.75. The molecule has 0 aliphatic carbocycles. The first-order valence-corrected chi connectivity index (χ1v) is 3.15. The van der Waals surface area contributed by atoms with E-state index in [0.717, 1.165) is 0 Å². The van der Waals surface area contributed by atoms with Crippen LogP contribution in [0.4, 0.5) is 5.82 Å². The predicted octanol–water partition coefficient (Wildman–Crippen LogP) is 0.178. The van der Waals surface area contributed by atoms with Crippen LogP contribution in [-0.2, 0) is 0 Å². The van der Waals surface area contributed by atoms with Gasteiger partial charge in [0, 0.05) is 12.4 Å². The van der Waals surface area contributed by atoms with Crippen molar-refractivity contribution >= 4 is 5.82 Å². The van der Waals surface area contributed by atoms with Gasteiger partial charge in [0.15, 0.2) is 0 Å². The lowest BCUT2D eigenvalue weighted by Gasteiger charge is -1.92. The lowest BCUT2D eigenvalue weighted by atomic mass is 10.8. The molecule has 2 heterocycles. The number of aromatic nitrogens is 4. The summed E-state index contributed by atoms with van der Waals surface area (Å²) in [5.74, 6) is 1.23. The van der Waals surface area contributed by atoms with Crippen LogP contribution in [0.3, 0.4) is 0 Å². The SMILES string of the molecule is Nc1cnc(-n2ccnc2)[nH]1. The second-order valence-corrected chi connectivity index (χ2v) is 2.13. The summed E-state index contributed by atoms with van der Waals surface area (Å²) in [5.41, 5.74) is 5.43. The molecule has 2 aromatic rings. The number of anilines is 1. The first-order chi connectivity index (χ1) is 5.36. The normalized spacial score (nSPS) is 10.2. The maximum Gasteiger partial charge on any atom is 0.213 e. The number of hydrogen-bond donors (Lipinski definition) is 2. The molecule has 0 aliphatic heterocycles. The fourth-order valence-electron chi connectivity index (χ4n) is 0.840. The Morgan fingerprint density at radius 1 is 1.55 bits per heavy atom. The van der Waals surface area contributed by atoms with Gasteiger partial charge in [-0.05, 0) is 0 Å². The molecule has 0 saturated carbocycles. The maximum absolute atomic E-state index is 5.43. The van der Waals surface area contributed by atoms with Crippen molar-refractivity contribution in [2.45, 2.75) is 0 Å². The van der Waals surface area contributed by atoms with E-state index in [-0.39, 0.29) is 0 Å². The van der Waals surface area contributed by atoms with Crippen LogP contribution >= 0.6 is 0 Å². The summed E-state index contributed by atoms with van der Waals surface area (Å²) in [7, 11) is 0. The van der Waals surface area contributed by atoms with Gasteiger partial charge in [-0.25, -0.2) is 9.97 Å². The third-order valence-electron chi connectivity index (χ3n) is 1.33. The topological polar surface area (TPSA) is 72.5 Å². The third kappa shape index (κ3) is 0.958. The van der Waals surface area contributed by atoms with Gasteiger partial charge in [0.2, 0.25) is 5.95 Å². The first kappa shape index (κ1) is 5.96. The number of H-pyrrole nitrogens is 1. The average molecular weight is 149 g/mol. The summed E-state index contributed by atoms with van der Waals surface area (Å²) >= 11 is 0. The standard InChI is InChI=1S/C6H7N5/c7-5-3-9-6(10-5)11-2-1-8-4-11/h1-4H,7H2,(H,9,10). The van der Waals surface area contributed by atoms with Crippen LogP contribution < -0.4 is 5.73 Å². The Bertz CT molecular complexity index is 333. The first-order valence-electron chi connectivity index (χ1n) is 3.15. The van der Waals surface area contributed by atoms with Crippen LogP contribution in [0.15, 0.2) is 24.9 Å². The van der Waals surface area contributed by atoms with E-state index in [1.165, 1.54) is 0 Å². The van der Waals surface area contributed by atoms with Crippen LogP contribution in [0.2, 0.25) is 0 Å². The average Bonchev–Trinajstić information content (AvgIpc) is 2.55. The Morgan fingerprint density at radius 3 is 3.00 bits per heavy atom. The zero-order chi connectivity index (χ0) is 7.68. The molecule has 11 heavy (non-hydrogen) atoms. The van der Waals surface area contributed by atoms with E-state index in [9.17, 15) is 0 Å². The molecule has 0 amide bonds. The molecule has 2 rings (SSSR count). The number of nitrogens with two attached hydrogens (primary N) is 1. The summed E-state index contributed by atoms with van der Waals surface area (Å²) in [5, 5.41) is 0. The molecule has 0 aromatic carbocycles. The van der Waals surface area contributed by atoms with E-state index >= 15 is 0 Å². The second kappa shape index (κ2) is 2.12. The Labute approximate surface area is 62.9 Å². The number of aromatic amines is 1. The minimum atomic E-state index is 0.550. The van der Waals surface area contributed by atoms with Crippen molar-refractivity contribution in [3.05, 3.63) is 24.9 Å². The van der Waals surface area contributed by atoms with E-state index in [1.54, 1.807) is 29.5 Å². The van der Waals surface area contributed by atoms with E-state index in [2.05, 4.69) is 15.0 Å². The van der Waals surface area contributed by atoms with Crippen molar-refractivity contribution in [3.8, 4) is 5.95 Å². The molecule has 0 atom stereocenters. The predicted molar refractivity (Wildman–Crippen MR) is 40.1 cm³/mol. The minimum Gasteiger partial charge on any atom is -0.384 e. The molecule has 5 nitrogen and oxygen atoms in total. The van der Waals surface area contributed by atoms with Crippen LogP contribution in [0.25, 0.3) is 5.95 Å². The zero-order valence-corrected chi connectivity index (χ0v) is 5.73. The van der Waals surface area contributed by atoms with Crippen molar-refractivity contribution in [3.63, 3.8) is 0 Å². The molecule has 0 spiro atoms. The Hall–Kier alpha value is -1.78. The molecule has 56 valence electrons. The van der Waals surface area contributed by atoms with E-state index < -0.39 is 0 Å². The zero-order valence-electron chi connectivity index (χ0n) is 5.73. The van der Waals surface area contributed by atoms with Gasteiger partial charge in [-0.15, -0.1) is 0 Å². The fourth-order valence-corrected chi connectivity index (χ4v) is 0.840. The van der Waals surface area contributed by atoms with E-state index in [1.807, 2.05) is 0 Å². The molecule has 3 N–H and O–H groups in total. The van der Waals surface area contributed by atoms with Crippen LogP contribution in [0.1, 0.15) is 0 Å². The Morgan fingerprint density at radius 2 is 2.45 bits per heavy atom. The van der Waals surface area contributed by atoms with Gasteiger partial charge in [-0.2, -0.15) is 0 Å². The summed E-state index contributed by atoms with van der Waals surface area (Å²) in [4.78, 5) is 10.7. The van der Waals surface area contributed by atoms with E-state index in [0.29, 0.717) is 11.8 Å². The van der Waals surface area contributed by atoms with Crippen molar-refractivity contribution in [2.75, 3.05) is 5.73 Å². The molecular weight excluding hydrogens is 142 g/mol. The van der Waals surface area contributed by atoms with Crippen LogP contribution in [0.5, 0.6) is 0 Å². The molecule has 5 heteroatoms. The van der Waals surface area contributed by atoms with Gasteiger partial charge in [-0.3, -0.25) is 4.57 Å². The molecule has 0 bridgehead atoms. The second-order valence-electron chi connectivity index (χ2n) is 2.13. The molecule has 0 aliphatic rings. The quantitative estimate of drug-likeness (QED) is 0.607. The van der Waals surface area contributed by atoms with Gasteiger partial charge in [0.25, 0.3) is 0 Å². The highest BCUT2D eigenvalue weighted by atomic mass is 15.2. The van der Waals surface area contributed by atoms with E-state index in [4.69, 9.17) is 5.73 Å². The number of hydrogen-bond acceptors (Lipinski definition) is 3. The summed E-state index contributed by atoms with van der Waals surface area (Å²) in [6.07, 6.45) is 6.69. The van der Waals surface area contributed by atoms with Crippen molar-refractivity contribution < 1.29 is 0 Å². The minimum absolute atomic E-state index is 0.550. The number of nitrogens with one attached hydrogen (secondary N) is 1. The van der Waals surface area contributed by atoms with Gasteiger partial charge < -0.3 is 10.7 Å². The largest absolute Gasteiger partial charge is 0.384 e. The highest BCUT2D eigenvalue weighted by molar-refractivity contribution is 5.29. The lowest BCUT2D eigenvalue weighted by molar-refractivity contribution is 0.961. The fraction of sp³-hybridized carbons (Fsp3) is 0. The summed E-state index contributed by atoms with van der Waals surface area (Å²) in [6.45, 7) is 0. The number of imidazole rings is 2. The smallest absolute Gasteiger partial charge is 0.213 e. The van der Waals surface area contributed by atoms with Gasteiger partial charge in [0.05, 0.1) is 6.20 Å².